The molecule has 25 atom stereocenters. The molecule has 24 nitrogen and oxygen atoms in total. The SMILES string of the molecule is CC1OC(OC2C(OC3C(CO)OC(O)C(O)C3OC3OC(C)C(O)C(O)C3O)OC(CO)C(O)C2OC2OC(CO)C(O)C(O)C2O)C(O)C(O)C1O. The van der Waals surface area contributed by atoms with E-state index in [1.165, 1.54) is 13.8 Å². The van der Waals surface area contributed by atoms with Gasteiger partial charge in [-0.05, 0) is 13.8 Å². The molecular weight excluding hydrogens is 744 g/mol. The molecule has 5 aliphatic heterocycles. The first kappa shape index (κ1) is 44.1. The van der Waals surface area contributed by atoms with Gasteiger partial charge in [0, 0.05) is 0 Å². The summed E-state index contributed by atoms with van der Waals surface area (Å²) in [6.07, 6.45) is -45.0. The van der Waals surface area contributed by atoms with E-state index in [0.29, 0.717) is 0 Å². The second-order valence-corrected chi connectivity index (χ2v) is 13.9. The smallest absolute Gasteiger partial charge is 0.187 e. The van der Waals surface area contributed by atoms with E-state index < -0.39 is 173 Å². The summed E-state index contributed by atoms with van der Waals surface area (Å²) in [4.78, 5) is 0. The second kappa shape index (κ2) is 18.3. The van der Waals surface area contributed by atoms with Gasteiger partial charge in [-0.15, -0.1) is 0 Å². The minimum absolute atomic E-state index is 0.875. The van der Waals surface area contributed by atoms with Crippen molar-refractivity contribution in [1.29, 1.82) is 0 Å². The van der Waals surface area contributed by atoms with Crippen molar-refractivity contribution in [3.63, 3.8) is 0 Å². The van der Waals surface area contributed by atoms with E-state index in [-0.39, 0.29) is 0 Å². The van der Waals surface area contributed by atoms with Gasteiger partial charge in [0.25, 0.3) is 0 Å². The van der Waals surface area contributed by atoms with Gasteiger partial charge in [-0.2, -0.15) is 0 Å². The summed E-state index contributed by atoms with van der Waals surface area (Å²) in [7, 11) is 0. The van der Waals surface area contributed by atoms with Crippen molar-refractivity contribution in [2.75, 3.05) is 19.8 Å². The zero-order valence-corrected chi connectivity index (χ0v) is 28.9. The molecule has 0 radical (unpaired) electrons. The van der Waals surface area contributed by atoms with E-state index in [0.717, 1.165) is 0 Å². The molecule has 0 aliphatic carbocycles. The number of hydrogen-bond donors (Lipinski definition) is 15. The van der Waals surface area contributed by atoms with Crippen molar-refractivity contribution in [2.45, 2.75) is 167 Å². The van der Waals surface area contributed by atoms with E-state index >= 15 is 0 Å². The summed E-state index contributed by atoms with van der Waals surface area (Å²) in [6, 6.07) is 0. The highest BCUT2D eigenvalue weighted by Crippen LogP contribution is 2.37. The van der Waals surface area contributed by atoms with Crippen LogP contribution >= 0.6 is 0 Å². The Hall–Kier alpha value is -0.960. The zero-order chi connectivity index (χ0) is 39.9. The lowest BCUT2D eigenvalue weighted by Crippen LogP contribution is -2.69. The fourth-order valence-electron chi connectivity index (χ4n) is 6.88. The van der Waals surface area contributed by atoms with Gasteiger partial charge in [0.2, 0.25) is 0 Å². The predicted molar refractivity (Wildman–Crippen MR) is 164 cm³/mol. The van der Waals surface area contributed by atoms with Crippen LogP contribution in [0.5, 0.6) is 0 Å². The molecule has 0 saturated carbocycles. The maximum atomic E-state index is 11.4. The maximum Gasteiger partial charge on any atom is 0.187 e. The highest BCUT2D eigenvalue weighted by Gasteiger charge is 2.57. The summed E-state index contributed by atoms with van der Waals surface area (Å²) in [5, 5.41) is 157. The molecule has 15 N–H and O–H groups in total. The Kier molecular flexibility index (Phi) is 15.0. The zero-order valence-electron chi connectivity index (χ0n) is 28.9. The highest BCUT2D eigenvalue weighted by atomic mass is 16.8. The third-order valence-corrected chi connectivity index (χ3v) is 10.2. The van der Waals surface area contributed by atoms with Gasteiger partial charge in [0.1, 0.15) is 110 Å². The normalized spacial score (nSPS) is 54.7. The average molecular weight is 797 g/mol. The molecule has 5 heterocycles. The predicted octanol–water partition coefficient (Wildman–Crippen LogP) is -9.87. The third-order valence-electron chi connectivity index (χ3n) is 10.2. The van der Waals surface area contributed by atoms with Crippen molar-refractivity contribution >= 4 is 0 Å². The molecule has 25 unspecified atom stereocenters. The molecule has 316 valence electrons. The lowest BCUT2D eigenvalue weighted by Gasteiger charge is -2.51. The van der Waals surface area contributed by atoms with Gasteiger partial charge in [-0.25, -0.2) is 0 Å². The van der Waals surface area contributed by atoms with Crippen LogP contribution in [0.15, 0.2) is 0 Å². The minimum atomic E-state index is -2.06. The number of aliphatic hydroxyl groups is 15. The molecule has 0 bridgehead atoms. The Balaban J connectivity index is 1.51. The summed E-state index contributed by atoms with van der Waals surface area (Å²) in [5.74, 6) is 0. The van der Waals surface area contributed by atoms with Crippen molar-refractivity contribution in [1.82, 2.24) is 0 Å². The van der Waals surface area contributed by atoms with Crippen LogP contribution in [0, 0.1) is 0 Å². The van der Waals surface area contributed by atoms with E-state index in [4.69, 9.17) is 42.6 Å². The van der Waals surface area contributed by atoms with E-state index in [1.54, 1.807) is 0 Å². The van der Waals surface area contributed by atoms with Crippen LogP contribution in [0.25, 0.3) is 0 Å². The molecule has 0 aromatic heterocycles. The Morgan fingerprint density at radius 2 is 0.704 bits per heavy atom. The third kappa shape index (κ3) is 8.72. The highest BCUT2D eigenvalue weighted by molar-refractivity contribution is 4.99. The van der Waals surface area contributed by atoms with Crippen LogP contribution in [0.2, 0.25) is 0 Å². The maximum absolute atomic E-state index is 11.4. The van der Waals surface area contributed by atoms with Crippen molar-refractivity contribution < 1.29 is 119 Å². The fraction of sp³-hybridized carbons (Fsp3) is 1.00. The van der Waals surface area contributed by atoms with Gasteiger partial charge in [0.15, 0.2) is 31.5 Å². The second-order valence-electron chi connectivity index (χ2n) is 13.9. The molecule has 5 fully saturated rings. The largest absolute Gasteiger partial charge is 0.394 e. The summed E-state index contributed by atoms with van der Waals surface area (Å²) >= 11 is 0. The first-order valence-corrected chi connectivity index (χ1v) is 17.3. The molecule has 0 aromatic rings. The van der Waals surface area contributed by atoms with Crippen LogP contribution < -0.4 is 0 Å². The van der Waals surface area contributed by atoms with Crippen LogP contribution in [0.3, 0.4) is 0 Å². The van der Waals surface area contributed by atoms with Crippen LogP contribution in [-0.2, 0) is 42.6 Å². The minimum Gasteiger partial charge on any atom is -0.394 e. The molecule has 5 aliphatic rings. The van der Waals surface area contributed by atoms with Crippen LogP contribution in [-0.4, -0.2) is 250 Å². The van der Waals surface area contributed by atoms with Gasteiger partial charge in [0.05, 0.1) is 32.0 Å². The first-order valence-electron chi connectivity index (χ1n) is 17.3. The quantitative estimate of drug-likeness (QED) is 0.0923. The van der Waals surface area contributed by atoms with Gasteiger partial charge >= 0.3 is 0 Å². The number of ether oxygens (including phenoxy) is 9. The van der Waals surface area contributed by atoms with Crippen molar-refractivity contribution in [3.8, 4) is 0 Å². The molecule has 5 rings (SSSR count). The summed E-state index contributed by atoms with van der Waals surface area (Å²) in [6.45, 7) is -0.152. The van der Waals surface area contributed by atoms with Gasteiger partial charge in [-0.3, -0.25) is 0 Å². The summed E-state index contributed by atoms with van der Waals surface area (Å²) < 4.78 is 51.3. The van der Waals surface area contributed by atoms with Crippen molar-refractivity contribution in [3.05, 3.63) is 0 Å². The van der Waals surface area contributed by atoms with Crippen LogP contribution in [0.1, 0.15) is 13.8 Å². The summed E-state index contributed by atoms with van der Waals surface area (Å²) in [5.41, 5.74) is 0. The fourth-order valence-corrected chi connectivity index (χ4v) is 6.88. The Morgan fingerprint density at radius 1 is 0.333 bits per heavy atom. The molecule has 54 heavy (non-hydrogen) atoms. The standard InChI is InChI=1S/C30H52O24/c1-6-11(34)15(38)18(41)27(46-6)53-24-21(44)26(45)48-10(5-33)22(24)51-30-25(54-28-19(42)16(39)12(35)7(2)47-28)23(14(37)9(4-32)50-30)52-29-20(43)17(40)13(36)8(3-31)49-29/h6-45H,3-5H2,1-2H3. The Labute approximate surface area is 306 Å². The van der Waals surface area contributed by atoms with Crippen LogP contribution in [0.4, 0.5) is 0 Å². The molecule has 5 saturated heterocycles. The number of aliphatic hydroxyl groups excluding tert-OH is 15. The number of rotatable bonds is 11. The van der Waals surface area contributed by atoms with Gasteiger partial charge in [-0.1, -0.05) is 0 Å². The molecule has 0 aromatic carbocycles. The topological polar surface area (TPSA) is 387 Å². The molecule has 0 spiro atoms. The Morgan fingerprint density at radius 3 is 1.19 bits per heavy atom. The molecule has 0 amide bonds. The molecule has 24 heteroatoms. The van der Waals surface area contributed by atoms with E-state index in [9.17, 15) is 76.6 Å². The average Bonchev–Trinajstić information content (AvgIpc) is 3.15. The van der Waals surface area contributed by atoms with E-state index in [1.807, 2.05) is 0 Å². The molecular formula is C30H52O24. The number of hydrogen-bond acceptors (Lipinski definition) is 24. The van der Waals surface area contributed by atoms with Gasteiger partial charge < -0.3 is 119 Å². The van der Waals surface area contributed by atoms with E-state index in [2.05, 4.69) is 0 Å². The first-order chi connectivity index (χ1) is 25.4. The van der Waals surface area contributed by atoms with Crippen molar-refractivity contribution in [2.24, 2.45) is 0 Å². The lowest BCUT2D eigenvalue weighted by atomic mass is 9.95. The lowest BCUT2D eigenvalue weighted by molar-refractivity contribution is -0.411. The Bertz CT molecular complexity index is 1170. The monoisotopic (exact) mass is 796 g/mol.